The first-order valence-electron chi connectivity index (χ1n) is 11.7. The first-order valence-corrected chi connectivity index (χ1v) is 14.0. The lowest BCUT2D eigenvalue weighted by molar-refractivity contribution is 0.546. The van der Waals surface area contributed by atoms with Gasteiger partial charge in [-0.2, -0.15) is 10.2 Å². The highest BCUT2D eigenvalue weighted by atomic mass is 35.5. The molecule has 0 unspecified atom stereocenters. The van der Waals surface area contributed by atoms with Crippen LogP contribution < -0.4 is 9.80 Å². The molecule has 0 bridgehead atoms. The van der Waals surface area contributed by atoms with Gasteiger partial charge in [-0.3, -0.25) is 9.36 Å². The number of benzene rings is 3. The summed E-state index contributed by atoms with van der Waals surface area (Å²) >= 11 is 37.9. The van der Waals surface area contributed by atoms with Crippen LogP contribution in [-0.4, -0.2) is 26.2 Å². The van der Waals surface area contributed by atoms with Gasteiger partial charge in [0, 0.05) is 43.6 Å². The van der Waals surface area contributed by atoms with Crippen LogP contribution in [0.4, 0.5) is 11.4 Å². The molecule has 0 N–H and O–H groups in total. The van der Waals surface area contributed by atoms with E-state index in [0.29, 0.717) is 61.5 Å². The number of halogens is 6. The lowest BCUT2D eigenvalue weighted by atomic mass is 10.1. The van der Waals surface area contributed by atoms with Crippen LogP contribution in [0.1, 0.15) is 0 Å². The Kier molecular flexibility index (Phi) is 7.35. The fourth-order valence-electron chi connectivity index (χ4n) is 4.66. The molecule has 1 aliphatic heterocycles. The maximum Gasteiger partial charge on any atom is 0.113 e. The van der Waals surface area contributed by atoms with Crippen LogP contribution in [0.2, 0.25) is 30.1 Å². The van der Waals surface area contributed by atoms with Gasteiger partial charge in [-0.1, -0.05) is 81.7 Å². The highest BCUT2D eigenvalue weighted by molar-refractivity contribution is 6.36. The zero-order valence-corrected chi connectivity index (χ0v) is 24.5. The third-order valence-corrected chi connectivity index (χ3v) is 7.67. The van der Waals surface area contributed by atoms with Crippen LogP contribution in [0, 0.1) is 0 Å². The van der Waals surface area contributed by atoms with Gasteiger partial charge in [-0.15, -0.1) is 0 Å². The first kappa shape index (κ1) is 26.6. The van der Waals surface area contributed by atoms with Gasteiger partial charge in [-0.25, -0.2) is 0 Å². The van der Waals surface area contributed by atoms with Crippen LogP contribution >= 0.6 is 69.6 Å². The number of rotatable bonds is 6. The third-order valence-electron chi connectivity index (χ3n) is 6.24. The Morgan fingerprint density at radius 1 is 0.564 bits per heavy atom. The second-order valence-electron chi connectivity index (χ2n) is 9.04. The molecule has 0 amide bonds. The molecule has 3 heterocycles. The van der Waals surface area contributed by atoms with Gasteiger partial charge in [-0.05, 0) is 48.5 Å². The molecule has 0 saturated carbocycles. The monoisotopic (exact) mass is 636 g/mol. The smallest absolute Gasteiger partial charge is 0.113 e. The van der Waals surface area contributed by atoms with Crippen molar-refractivity contribution in [2.75, 3.05) is 16.5 Å². The summed E-state index contributed by atoms with van der Waals surface area (Å²) in [7, 11) is 0. The van der Waals surface area contributed by atoms with E-state index >= 15 is 0 Å². The number of fused-ring (bicyclic) bond motifs is 1. The second kappa shape index (κ2) is 10.8. The minimum absolute atomic E-state index is 0.480. The molecule has 3 aromatic carbocycles. The number of aromatic nitrogens is 4. The van der Waals surface area contributed by atoms with Crippen LogP contribution in [0.3, 0.4) is 0 Å². The average Bonchev–Trinajstić information content (AvgIpc) is 3.53. The summed E-state index contributed by atoms with van der Waals surface area (Å²) in [6, 6.07) is 18.7. The molecule has 0 aliphatic carbocycles. The van der Waals surface area contributed by atoms with Crippen LogP contribution in [0.25, 0.3) is 22.5 Å². The van der Waals surface area contributed by atoms with Crippen molar-refractivity contribution >= 4 is 81.0 Å². The molecular weight excluding hydrogens is 621 g/mol. The predicted molar refractivity (Wildman–Crippen MR) is 162 cm³/mol. The number of para-hydroxylation sites is 2. The molecular formula is C27H18Cl6N6. The number of hydrogen-bond acceptors (Lipinski definition) is 4. The fraction of sp³-hybridized carbons (Fsp3) is 0.111. The number of hydrogen-bond donors (Lipinski definition) is 0. The van der Waals surface area contributed by atoms with Crippen LogP contribution in [0.5, 0.6) is 0 Å². The van der Waals surface area contributed by atoms with E-state index in [1.807, 2.05) is 12.1 Å². The van der Waals surface area contributed by atoms with Crippen molar-refractivity contribution in [1.82, 2.24) is 19.6 Å². The van der Waals surface area contributed by atoms with Gasteiger partial charge in [0.15, 0.2) is 0 Å². The van der Waals surface area contributed by atoms with E-state index in [4.69, 9.17) is 79.8 Å². The molecule has 6 rings (SSSR count). The topological polar surface area (TPSA) is 42.1 Å². The molecule has 0 spiro atoms. The second-order valence-corrected chi connectivity index (χ2v) is 11.6. The van der Waals surface area contributed by atoms with Gasteiger partial charge in [0.1, 0.15) is 24.7 Å². The highest BCUT2D eigenvalue weighted by Gasteiger charge is 2.27. The Balaban J connectivity index is 1.24. The standard InChI is InChI=1S/C27H18Cl6N6/c28-18-5-16(6-19(29)9-18)26-22(32)11-38(34-26)14-36-13-37(25-4-2-1-3-24(25)36)15-39-12-23(33)27(35-39)17-7-20(30)10-21(31)8-17/h1-12H,13-15H2. The minimum Gasteiger partial charge on any atom is -0.332 e. The van der Waals surface area contributed by atoms with Gasteiger partial charge < -0.3 is 9.80 Å². The normalized spacial score (nSPS) is 12.9. The van der Waals surface area contributed by atoms with Crippen molar-refractivity contribution in [2.45, 2.75) is 13.3 Å². The summed E-state index contributed by atoms with van der Waals surface area (Å²) in [6.07, 6.45) is 3.60. The summed E-state index contributed by atoms with van der Waals surface area (Å²) in [4.78, 5) is 4.41. The van der Waals surface area contributed by atoms with E-state index < -0.39 is 0 Å². The Labute approximate surface area is 254 Å². The summed E-state index contributed by atoms with van der Waals surface area (Å²) in [5.74, 6) is 0. The Morgan fingerprint density at radius 2 is 0.949 bits per heavy atom. The van der Waals surface area contributed by atoms with E-state index in [1.165, 1.54) is 0 Å². The molecule has 198 valence electrons. The van der Waals surface area contributed by atoms with Crippen molar-refractivity contribution in [3.05, 3.63) is 103 Å². The maximum absolute atomic E-state index is 6.55. The zero-order valence-electron chi connectivity index (χ0n) is 20.0. The van der Waals surface area contributed by atoms with Gasteiger partial charge >= 0.3 is 0 Å². The molecule has 12 heteroatoms. The van der Waals surface area contributed by atoms with Gasteiger partial charge in [0.25, 0.3) is 0 Å². The Bertz CT molecular complexity index is 1530. The van der Waals surface area contributed by atoms with Crippen molar-refractivity contribution in [2.24, 2.45) is 0 Å². The van der Waals surface area contributed by atoms with Crippen molar-refractivity contribution in [1.29, 1.82) is 0 Å². The third kappa shape index (κ3) is 5.55. The van der Waals surface area contributed by atoms with E-state index in [0.717, 1.165) is 22.5 Å². The summed E-state index contributed by atoms with van der Waals surface area (Å²) in [6.45, 7) is 1.56. The molecule has 1 aliphatic rings. The molecule has 6 nitrogen and oxygen atoms in total. The Hall–Kier alpha value is -2.58. The van der Waals surface area contributed by atoms with Gasteiger partial charge in [0.2, 0.25) is 0 Å². The van der Waals surface area contributed by atoms with E-state index in [2.05, 4.69) is 21.9 Å². The van der Waals surface area contributed by atoms with E-state index in [9.17, 15) is 0 Å². The molecule has 2 aromatic heterocycles. The number of anilines is 2. The molecule has 39 heavy (non-hydrogen) atoms. The lowest BCUT2D eigenvalue weighted by Crippen LogP contribution is -2.33. The number of nitrogens with zero attached hydrogens (tertiary/aromatic N) is 6. The molecule has 0 radical (unpaired) electrons. The zero-order chi connectivity index (χ0) is 27.3. The molecule has 5 aromatic rings. The van der Waals surface area contributed by atoms with Crippen LogP contribution in [0.15, 0.2) is 73.1 Å². The lowest BCUT2D eigenvalue weighted by Gasteiger charge is -2.21. The van der Waals surface area contributed by atoms with Crippen molar-refractivity contribution < 1.29 is 0 Å². The Morgan fingerprint density at radius 3 is 1.33 bits per heavy atom. The van der Waals surface area contributed by atoms with Crippen LogP contribution in [-0.2, 0) is 13.3 Å². The molecule has 0 fully saturated rings. The molecule has 0 saturated heterocycles. The first-order chi connectivity index (χ1) is 18.7. The summed E-state index contributed by atoms with van der Waals surface area (Å²) in [5, 5.41) is 12.5. The van der Waals surface area contributed by atoms with Crippen molar-refractivity contribution in [3.63, 3.8) is 0 Å². The minimum atomic E-state index is 0.480. The fourth-order valence-corrected chi connectivity index (χ4v) is 6.23. The largest absolute Gasteiger partial charge is 0.332 e. The van der Waals surface area contributed by atoms with E-state index in [-0.39, 0.29) is 0 Å². The summed E-state index contributed by atoms with van der Waals surface area (Å²) < 4.78 is 3.61. The van der Waals surface area contributed by atoms with Gasteiger partial charge in [0.05, 0.1) is 28.1 Å². The average molecular weight is 639 g/mol. The maximum atomic E-state index is 6.55. The SMILES string of the molecule is Clc1cc(Cl)cc(-c2nn(CN3CN(Cn4cc(Cl)c(-c5cc(Cl)cc(Cl)c5)n4)c4ccccc43)cc2Cl)c1. The highest BCUT2D eigenvalue weighted by Crippen LogP contribution is 2.38. The van der Waals surface area contributed by atoms with Crippen molar-refractivity contribution in [3.8, 4) is 22.5 Å². The quantitative estimate of drug-likeness (QED) is 0.186. The summed E-state index contributed by atoms with van der Waals surface area (Å²) in [5.41, 5.74) is 4.88. The van der Waals surface area contributed by atoms with E-state index in [1.54, 1.807) is 58.2 Å². The molecule has 0 atom stereocenters. The predicted octanol–water partition coefficient (Wildman–Crippen LogP) is 9.23.